The van der Waals surface area contributed by atoms with Crippen molar-refractivity contribution < 1.29 is 13.9 Å². The standard InChI is InChI=1S/C17H21N5O3/c1-23-9-7-15-18-17(24-20-15)13-5-3-8-22(11-13)10-12-4-2-6-14-16(12)21-25-19-14/h2,4,6,13H,3,5,7-11H2,1H3/t13-/m1/s1. The Bertz CT molecular complexity index is 830. The lowest BCUT2D eigenvalue weighted by molar-refractivity contribution is 0.180. The van der Waals surface area contributed by atoms with Crippen LogP contribution in [0.1, 0.15) is 36.0 Å². The molecule has 1 aliphatic heterocycles. The van der Waals surface area contributed by atoms with E-state index in [9.17, 15) is 0 Å². The third-order valence-corrected chi connectivity index (χ3v) is 4.63. The molecule has 1 fully saturated rings. The maximum absolute atomic E-state index is 5.48. The van der Waals surface area contributed by atoms with Gasteiger partial charge >= 0.3 is 0 Å². The first-order chi connectivity index (χ1) is 12.3. The minimum Gasteiger partial charge on any atom is -0.384 e. The highest BCUT2D eigenvalue weighted by Crippen LogP contribution is 2.27. The van der Waals surface area contributed by atoms with E-state index in [1.165, 1.54) is 0 Å². The van der Waals surface area contributed by atoms with Gasteiger partial charge in [-0.2, -0.15) is 4.98 Å². The van der Waals surface area contributed by atoms with Gasteiger partial charge in [0.2, 0.25) is 5.89 Å². The second-order valence-electron chi connectivity index (χ2n) is 6.42. The predicted molar refractivity (Wildman–Crippen MR) is 88.9 cm³/mol. The summed E-state index contributed by atoms with van der Waals surface area (Å²) in [6.45, 7) is 3.36. The lowest BCUT2D eigenvalue weighted by Crippen LogP contribution is -2.34. The van der Waals surface area contributed by atoms with Gasteiger partial charge in [-0.15, -0.1) is 0 Å². The van der Waals surface area contributed by atoms with Crippen molar-refractivity contribution in [2.45, 2.75) is 31.7 Å². The normalized spacial score (nSPS) is 18.8. The molecule has 1 saturated heterocycles. The van der Waals surface area contributed by atoms with Crippen LogP contribution in [0.2, 0.25) is 0 Å². The SMILES string of the molecule is COCCc1noc([C@@H]2CCCN(Cc3cccc4nonc34)C2)n1. The molecule has 0 spiro atoms. The minimum atomic E-state index is 0.271. The maximum atomic E-state index is 5.48. The van der Waals surface area contributed by atoms with E-state index in [0.29, 0.717) is 18.9 Å². The van der Waals surface area contributed by atoms with E-state index in [2.05, 4.69) is 31.4 Å². The highest BCUT2D eigenvalue weighted by atomic mass is 16.6. The Hall–Kier alpha value is -2.32. The van der Waals surface area contributed by atoms with Gasteiger partial charge in [-0.05, 0) is 41.3 Å². The van der Waals surface area contributed by atoms with Crippen LogP contribution in [0.5, 0.6) is 0 Å². The molecule has 8 heteroatoms. The number of aromatic nitrogens is 4. The number of piperidine rings is 1. The van der Waals surface area contributed by atoms with Crippen LogP contribution in [0, 0.1) is 0 Å². The molecular formula is C17H21N5O3. The van der Waals surface area contributed by atoms with Crippen LogP contribution in [0.25, 0.3) is 11.0 Å². The molecule has 1 aliphatic rings. The third-order valence-electron chi connectivity index (χ3n) is 4.63. The Kier molecular flexibility index (Phi) is 4.71. The molecule has 4 rings (SSSR count). The van der Waals surface area contributed by atoms with Crippen LogP contribution in [-0.4, -0.2) is 52.2 Å². The van der Waals surface area contributed by atoms with Gasteiger partial charge < -0.3 is 9.26 Å². The van der Waals surface area contributed by atoms with Gasteiger partial charge in [-0.1, -0.05) is 17.3 Å². The summed E-state index contributed by atoms with van der Waals surface area (Å²) >= 11 is 0. The smallest absolute Gasteiger partial charge is 0.231 e. The quantitative estimate of drug-likeness (QED) is 0.672. The molecule has 3 aromatic rings. The predicted octanol–water partition coefficient (Wildman–Crippen LogP) is 2.17. The zero-order valence-electron chi connectivity index (χ0n) is 14.2. The number of nitrogens with zero attached hydrogens (tertiary/aromatic N) is 5. The highest BCUT2D eigenvalue weighted by molar-refractivity contribution is 5.76. The number of methoxy groups -OCH3 is 1. The molecule has 3 heterocycles. The van der Waals surface area contributed by atoms with Crippen LogP contribution >= 0.6 is 0 Å². The molecule has 8 nitrogen and oxygen atoms in total. The van der Waals surface area contributed by atoms with Crippen LogP contribution in [0.4, 0.5) is 0 Å². The zero-order valence-corrected chi connectivity index (χ0v) is 14.2. The van der Waals surface area contributed by atoms with Crippen molar-refractivity contribution in [1.82, 2.24) is 25.4 Å². The molecular weight excluding hydrogens is 322 g/mol. The minimum absolute atomic E-state index is 0.271. The number of ether oxygens (including phenoxy) is 1. The molecule has 25 heavy (non-hydrogen) atoms. The molecule has 1 aromatic carbocycles. The highest BCUT2D eigenvalue weighted by Gasteiger charge is 2.26. The largest absolute Gasteiger partial charge is 0.384 e. The van der Waals surface area contributed by atoms with E-state index in [-0.39, 0.29) is 5.92 Å². The molecule has 0 bridgehead atoms. The number of hydrogen-bond acceptors (Lipinski definition) is 8. The third kappa shape index (κ3) is 3.54. The van der Waals surface area contributed by atoms with E-state index < -0.39 is 0 Å². The summed E-state index contributed by atoms with van der Waals surface area (Å²) in [6.07, 6.45) is 2.85. The van der Waals surface area contributed by atoms with Gasteiger partial charge in [0.25, 0.3) is 0 Å². The summed E-state index contributed by atoms with van der Waals surface area (Å²) in [7, 11) is 1.67. The number of rotatable bonds is 6. The lowest BCUT2D eigenvalue weighted by atomic mass is 9.97. The van der Waals surface area contributed by atoms with E-state index >= 15 is 0 Å². The molecule has 132 valence electrons. The van der Waals surface area contributed by atoms with Crippen LogP contribution < -0.4 is 0 Å². The lowest BCUT2D eigenvalue weighted by Gasteiger charge is -2.30. The van der Waals surface area contributed by atoms with E-state index in [1.807, 2.05) is 12.1 Å². The average Bonchev–Trinajstić information content (AvgIpc) is 3.30. The molecule has 0 amide bonds. The summed E-state index contributed by atoms with van der Waals surface area (Å²) in [5.41, 5.74) is 2.76. The number of hydrogen-bond donors (Lipinski definition) is 0. The fraction of sp³-hybridized carbons (Fsp3) is 0.529. The second kappa shape index (κ2) is 7.28. The molecule has 2 aromatic heterocycles. The van der Waals surface area contributed by atoms with Crippen molar-refractivity contribution in [2.24, 2.45) is 0 Å². The fourth-order valence-electron chi connectivity index (χ4n) is 3.36. The molecule has 0 aliphatic carbocycles. The first-order valence-corrected chi connectivity index (χ1v) is 8.57. The maximum Gasteiger partial charge on any atom is 0.231 e. The Labute approximate surface area is 145 Å². The first kappa shape index (κ1) is 16.2. The van der Waals surface area contributed by atoms with Gasteiger partial charge in [-0.3, -0.25) is 4.90 Å². The molecule has 0 radical (unpaired) electrons. The van der Waals surface area contributed by atoms with Crippen molar-refractivity contribution in [3.8, 4) is 0 Å². The molecule has 1 atom stereocenters. The van der Waals surface area contributed by atoms with Gasteiger partial charge in [0.05, 0.1) is 12.5 Å². The summed E-state index contributed by atoms with van der Waals surface area (Å²) in [5.74, 6) is 1.72. The monoisotopic (exact) mass is 343 g/mol. The van der Waals surface area contributed by atoms with E-state index in [1.54, 1.807) is 7.11 Å². The molecule has 0 unspecified atom stereocenters. The number of likely N-dealkylation sites (tertiary alicyclic amines) is 1. The van der Waals surface area contributed by atoms with Crippen molar-refractivity contribution in [1.29, 1.82) is 0 Å². The number of benzene rings is 1. The fourth-order valence-corrected chi connectivity index (χ4v) is 3.36. The Morgan fingerprint density at radius 3 is 3.16 bits per heavy atom. The zero-order chi connectivity index (χ0) is 17.1. The summed E-state index contributed by atoms with van der Waals surface area (Å²) < 4.78 is 15.4. The Balaban J connectivity index is 1.44. The average molecular weight is 343 g/mol. The Morgan fingerprint density at radius 1 is 1.28 bits per heavy atom. The van der Waals surface area contributed by atoms with Crippen molar-refractivity contribution in [3.63, 3.8) is 0 Å². The van der Waals surface area contributed by atoms with Crippen LogP contribution in [0.3, 0.4) is 0 Å². The first-order valence-electron chi connectivity index (χ1n) is 8.57. The summed E-state index contributed by atoms with van der Waals surface area (Å²) in [5, 5.41) is 12.0. The van der Waals surface area contributed by atoms with Crippen molar-refractivity contribution in [2.75, 3.05) is 26.8 Å². The topological polar surface area (TPSA) is 90.3 Å². The Morgan fingerprint density at radius 2 is 2.24 bits per heavy atom. The second-order valence-corrected chi connectivity index (χ2v) is 6.42. The van der Waals surface area contributed by atoms with Gasteiger partial charge in [0, 0.05) is 26.6 Å². The van der Waals surface area contributed by atoms with Gasteiger partial charge in [0.15, 0.2) is 5.82 Å². The summed E-state index contributed by atoms with van der Waals surface area (Å²) in [4.78, 5) is 6.93. The van der Waals surface area contributed by atoms with E-state index in [0.717, 1.165) is 55.0 Å². The van der Waals surface area contributed by atoms with Crippen molar-refractivity contribution in [3.05, 3.63) is 35.5 Å². The van der Waals surface area contributed by atoms with Crippen molar-refractivity contribution >= 4 is 11.0 Å². The van der Waals surface area contributed by atoms with E-state index in [4.69, 9.17) is 13.9 Å². The van der Waals surface area contributed by atoms with Crippen LogP contribution in [-0.2, 0) is 17.7 Å². The number of fused-ring (bicyclic) bond motifs is 1. The summed E-state index contributed by atoms with van der Waals surface area (Å²) in [6, 6.07) is 5.98. The van der Waals surface area contributed by atoms with Crippen LogP contribution in [0.15, 0.2) is 27.4 Å². The molecule has 0 saturated carbocycles. The van der Waals surface area contributed by atoms with Gasteiger partial charge in [0.1, 0.15) is 11.0 Å². The van der Waals surface area contributed by atoms with Gasteiger partial charge in [-0.25, -0.2) is 4.63 Å². The molecule has 0 N–H and O–H groups in total.